The van der Waals surface area contributed by atoms with Crippen molar-refractivity contribution in [3.63, 3.8) is 0 Å². The number of aromatic nitrogens is 4. The van der Waals surface area contributed by atoms with Crippen LogP contribution in [0.5, 0.6) is 0 Å². The van der Waals surface area contributed by atoms with E-state index in [0.29, 0.717) is 5.41 Å². The first-order chi connectivity index (χ1) is 8.34. The summed E-state index contributed by atoms with van der Waals surface area (Å²) in [6.45, 7) is 5.03. The van der Waals surface area contributed by atoms with Crippen LogP contribution in [0.3, 0.4) is 0 Å². The number of hydrogen-bond donors (Lipinski definition) is 1. The molecule has 5 nitrogen and oxygen atoms in total. The third-order valence-electron chi connectivity index (χ3n) is 4.12. The second kappa shape index (κ2) is 4.37. The number of tetrazole rings is 1. The Morgan fingerprint density at radius 2 is 2.24 bits per heavy atom. The highest BCUT2D eigenvalue weighted by Gasteiger charge is 2.54. The Hall–Kier alpha value is -0.970. The molecule has 2 saturated carbocycles. The minimum Gasteiger partial charge on any atom is -0.310 e. The predicted octanol–water partition coefficient (Wildman–Crippen LogP) is 1.36. The third kappa shape index (κ3) is 2.34. The van der Waals surface area contributed by atoms with E-state index in [2.05, 4.69) is 27.8 Å². The van der Waals surface area contributed by atoms with Gasteiger partial charge < -0.3 is 5.32 Å². The molecule has 1 aromatic rings. The van der Waals surface area contributed by atoms with Gasteiger partial charge in [0, 0.05) is 0 Å². The molecule has 0 spiro atoms. The molecule has 2 fully saturated rings. The zero-order valence-corrected chi connectivity index (χ0v) is 10.5. The number of rotatable bonds is 7. The van der Waals surface area contributed by atoms with Gasteiger partial charge in [-0.2, -0.15) is 0 Å². The summed E-state index contributed by atoms with van der Waals surface area (Å²) in [4.78, 5) is 0. The molecule has 0 aromatic carbocycles. The molecular weight excluding hydrogens is 214 g/mol. The first kappa shape index (κ1) is 11.1. The lowest BCUT2D eigenvalue weighted by molar-refractivity contribution is 0.338. The SMILES string of the molecule is CCCNCc1nnnn1CC1(C2CC2)CC1. The zero-order valence-electron chi connectivity index (χ0n) is 10.5. The van der Waals surface area contributed by atoms with Gasteiger partial charge in [-0.05, 0) is 60.4 Å². The molecule has 5 heteroatoms. The Bertz CT molecular complexity index is 378. The molecule has 94 valence electrons. The molecule has 1 heterocycles. The maximum atomic E-state index is 4.15. The van der Waals surface area contributed by atoms with E-state index in [1.165, 1.54) is 25.7 Å². The fraction of sp³-hybridized carbons (Fsp3) is 0.917. The fourth-order valence-corrected chi connectivity index (χ4v) is 2.70. The van der Waals surface area contributed by atoms with E-state index in [9.17, 15) is 0 Å². The first-order valence-electron chi connectivity index (χ1n) is 6.80. The number of hydrogen-bond acceptors (Lipinski definition) is 4. The molecule has 0 saturated heterocycles. The monoisotopic (exact) mass is 235 g/mol. The minimum atomic E-state index is 0.564. The van der Waals surface area contributed by atoms with Gasteiger partial charge in [0.2, 0.25) is 0 Å². The predicted molar refractivity (Wildman–Crippen MR) is 64.2 cm³/mol. The smallest absolute Gasteiger partial charge is 0.165 e. The largest absolute Gasteiger partial charge is 0.310 e. The molecule has 3 rings (SSSR count). The molecule has 2 aliphatic carbocycles. The molecule has 1 N–H and O–H groups in total. The van der Waals surface area contributed by atoms with E-state index in [1.54, 1.807) is 0 Å². The second-order valence-corrected chi connectivity index (χ2v) is 5.57. The summed E-state index contributed by atoms with van der Waals surface area (Å²) in [5.41, 5.74) is 0.564. The minimum absolute atomic E-state index is 0.564. The van der Waals surface area contributed by atoms with Crippen molar-refractivity contribution in [2.75, 3.05) is 6.54 Å². The van der Waals surface area contributed by atoms with E-state index in [4.69, 9.17) is 0 Å². The second-order valence-electron chi connectivity index (χ2n) is 5.57. The number of nitrogens with one attached hydrogen (secondary N) is 1. The van der Waals surface area contributed by atoms with Crippen molar-refractivity contribution in [2.45, 2.75) is 52.1 Å². The summed E-state index contributed by atoms with van der Waals surface area (Å²) < 4.78 is 2.02. The van der Waals surface area contributed by atoms with Crippen molar-refractivity contribution in [3.05, 3.63) is 5.82 Å². The third-order valence-corrected chi connectivity index (χ3v) is 4.12. The van der Waals surface area contributed by atoms with Crippen LogP contribution in [0, 0.1) is 11.3 Å². The Morgan fingerprint density at radius 3 is 2.88 bits per heavy atom. The van der Waals surface area contributed by atoms with Gasteiger partial charge in [-0.25, -0.2) is 4.68 Å². The van der Waals surface area contributed by atoms with Gasteiger partial charge in [0.1, 0.15) is 0 Å². The highest BCUT2D eigenvalue weighted by atomic mass is 15.5. The van der Waals surface area contributed by atoms with Crippen LogP contribution in [0.1, 0.15) is 44.9 Å². The number of nitrogens with zero attached hydrogens (tertiary/aromatic N) is 4. The quantitative estimate of drug-likeness (QED) is 0.725. The maximum Gasteiger partial charge on any atom is 0.165 e. The lowest BCUT2D eigenvalue weighted by Crippen LogP contribution is -2.22. The highest BCUT2D eigenvalue weighted by Crippen LogP contribution is 2.62. The Balaban J connectivity index is 1.60. The average molecular weight is 235 g/mol. The van der Waals surface area contributed by atoms with E-state index in [-0.39, 0.29) is 0 Å². The van der Waals surface area contributed by atoms with E-state index in [0.717, 1.165) is 37.8 Å². The van der Waals surface area contributed by atoms with Crippen molar-refractivity contribution in [1.82, 2.24) is 25.5 Å². The normalized spacial score (nSPS) is 21.7. The van der Waals surface area contributed by atoms with Gasteiger partial charge in [-0.3, -0.25) is 0 Å². The van der Waals surface area contributed by atoms with Crippen LogP contribution in [0.25, 0.3) is 0 Å². The topological polar surface area (TPSA) is 55.6 Å². The van der Waals surface area contributed by atoms with Crippen LogP contribution in [-0.4, -0.2) is 26.8 Å². The average Bonchev–Trinajstić information content (AvgIpc) is 3.20. The molecule has 0 unspecified atom stereocenters. The summed E-state index contributed by atoms with van der Waals surface area (Å²) in [5.74, 6) is 1.95. The van der Waals surface area contributed by atoms with Gasteiger partial charge >= 0.3 is 0 Å². The summed E-state index contributed by atoms with van der Waals surface area (Å²) in [7, 11) is 0. The maximum absolute atomic E-state index is 4.15. The van der Waals surface area contributed by atoms with Gasteiger partial charge in [0.05, 0.1) is 13.1 Å². The molecule has 0 amide bonds. The van der Waals surface area contributed by atoms with Crippen molar-refractivity contribution in [1.29, 1.82) is 0 Å². The lowest BCUT2D eigenvalue weighted by Gasteiger charge is -2.14. The van der Waals surface area contributed by atoms with Crippen molar-refractivity contribution < 1.29 is 0 Å². The molecule has 17 heavy (non-hydrogen) atoms. The van der Waals surface area contributed by atoms with Crippen LogP contribution < -0.4 is 5.32 Å². The molecule has 0 atom stereocenters. The van der Waals surface area contributed by atoms with Crippen LogP contribution in [0.2, 0.25) is 0 Å². The highest BCUT2D eigenvalue weighted by molar-refractivity contribution is 5.04. The molecule has 0 radical (unpaired) electrons. The van der Waals surface area contributed by atoms with Crippen LogP contribution >= 0.6 is 0 Å². The van der Waals surface area contributed by atoms with Crippen molar-refractivity contribution in [2.24, 2.45) is 11.3 Å². The molecule has 0 bridgehead atoms. The van der Waals surface area contributed by atoms with Crippen molar-refractivity contribution >= 4 is 0 Å². The standard InChI is InChI=1S/C12H21N5/c1-2-7-13-8-11-14-15-16-17(11)9-12(5-6-12)10-3-4-10/h10,13H,2-9H2,1H3. The van der Waals surface area contributed by atoms with Crippen LogP contribution in [0.4, 0.5) is 0 Å². The molecule has 0 aliphatic heterocycles. The van der Waals surface area contributed by atoms with E-state index in [1.807, 2.05) is 4.68 Å². The van der Waals surface area contributed by atoms with Crippen molar-refractivity contribution in [3.8, 4) is 0 Å². The van der Waals surface area contributed by atoms with Gasteiger partial charge in [-0.1, -0.05) is 6.92 Å². The summed E-state index contributed by atoms with van der Waals surface area (Å²) in [6.07, 6.45) is 6.74. The summed E-state index contributed by atoms with van der Waals surface area (Å²) >= 11 is 0. The molecule has 1 aromatic heterocycles. The lowest BCUT2D eigenvalue weighted by atomic mass is 10.0. The van der Waals surface area contributed by atoms with Gasteiger partial charge in [0.25, 0.3) is 0 Å². The molecule has 2 aliphatic rings. The Labute approximate surface area is 102 Å². The summed E-state index contributed by atoms with van der Waals surface area (Å²) in [5, 5.41) is 15.4. The fourth-order valence-electron chi connectivity index (χ4n) is 2.70. The van der Waals surface area contributed by atoms with Crippen LogP contribution in [0.15, 0.2) is 0 Å². The van der Waals surface area contributed by atoms with Crippen LogP contribution in [-0.2, 0) is 13.1 Å². The van der Waals surface area contributed by atoms with E-state index >= 15 is 0 Å². The van der Waals surface area contributed by atoms with E-state index < -0.39 is 0 Å². The zero-order chi connectivity index (χ0) is 11.7. The Morgan fingerprint density at radius 1 is 1.41 bits per heavy atom. The molecular formula is C12H21N5. The summed E-state index contributed by atoms with van der Waals surface area (Å²) in [6, 6.07) is 0. The van der Waals surface area contributed by atoms with Gasteiger partial charge in [-0.15, -0.1) is 5.10 Å². The first-order valence-corrected chi connectivity index (χ1v) is 6.80. The Kier molecular flexibility index (Phi) is 2.86. The van der Waals surface area contributed by atoms with Gasteiger partial charge in [0.15, 0.2) is 5.82 Å².